The quantitative estimate of drug-likeness (QED) is 0.779. The Bertz CT molecular complexity index is 421. The number of hydrogen-bond acceptors (Lipinski definition) is 5. The lowest BCUT2D eigenvalue weighted by atomic mass is 10.1. The molecule has 1 aromatic rings. The number of hydrogen-bond donors (Lipinski definition) is 1. The Labute approximate surface area is 118 Å². The first-order valence-electron chi connectivity index (χ1n) is 6.24. The molecule has 0 aromatic heterocycles. The van der Waals surface area contributed by atoms with E-state index in [0.29, 0.717) is 18.1 Å². The van der Waals surface area contributed by atoms with E-state index in [0.717, 1.165) is 16.9 Å². The minimum absolute atomic E-state index is 0.0139. The maximum absolute atomic E-state index is 11.1. The zero-order chi connectivity index (χ0) is 14.3. The summed E-state index contributed by atoms with van der Waals surface area (Å²) in [6.07, 6.45) is 0. The van der Waals surface area contributed by atoms with Crippen molar-refractivity contribution >= 4 is 17.7 Å². The van der Waals surface area contributed by atoms with Crippen molar-refractivity contribution in [2.45, 2.75) is 25.6 Å². The maximum atomic E-state index is 11.1. The predicted molar refractivity (Wildman–Crippen MR) is 78.4 cm³/mol. The van der Waals surface area contributed by atoms with E-state index < -0.39 is 0 Å². The molecule has 0 saturated carbocycles. The first kappa shape index (κ1) is 15.9. The number of thioether (sulfide) groups is 1. The number of carbonyl (C=O) groups excluding carboxylic acids is 1. The molecule has 4 nitrogen and oxygen atoms in total. The van der Waals surface area contributed by atoms with Crippen molar-refractivity contribution in [3.8, 4) is 5.75 Å². The van der Waals surface area contributed by atoms with Crippen molar-refractivity contribution in [1.29, 1.82) is 0 Å². The fraction of sp³-hybridized carbons (Fsp3) is 0.500. The first-order valence-corrected chi connectivity index (χ1v) is 7.39. The van der Waals surface area contributed by atoms with Crippen LogP contribution in [-0.4, -0.2) is 25.4 Å². The van der Waals surface area contributed by atoms with Gasteiger partial charge in [0.05, 0.1) is 19.5 Å². The SMILES string of the molecule is CCOc1ccc(C(C)N)cc1CSCC(=O)OC. The predicted octanol–water partition coefficient (Wildman–Crippen LogP) is 2.51. The molecular formula is C14H21NO3S. The third-order valence-corrected chi connectivity index (χ3v) is 3.57. The van der Waals surface area contributed by atoms with E-state index in [9.17, 15) is 4.79 Å². The number of rotatable bonds is 7. The van der Waals surface area contributed by atoms with Crippen LogP contribution in [0.15, 0.2) is 18.2 Å². The molecule has 0 fully saturated rings. The van der Waals surface area contributed by atoms with Crippen molar-refractivity contribution in [3.63, 3.8) is 0 Å². The van der Waals surface area contributed by atoms with Gasteiger partial charge in [0, 0.05) is 17.4 Å². The van der Waals surface area contributed by atoms with Crippen LogP contribution >= 0.6 is 11.8 Å². The molecule has 0 aliphatic carbocycles. The van der Waals surface area contributed by atoms with Crippen LogP contribution < -0.4 is 10.5 Å². The third kappa shape index (κ3) is 5.12. The molecule has 2 N–H and O–H groups in total. The smallest absolute Gasteiger partial charge is 0.315 e. The molecule has 106 valence electrons. The van der Waals surface area contributed by atoms with Gasteiger partial charge < -0.3 is 15.2 Å². The normalized spacial score (nSPS) is 12.0. The van der Waals surface area contributed by atoms with Gasteiger partial charge in [0.1, 0.15) is 5.75 Å². The number of ether oxygens (including phenoxy) is 2. The highest BCUT2D eigenvalue weighted by molar-refractivity contribution is 7.99. The lowest BCUT2D eigenvalue weighted by Gasteiger charge is -2.13. The number of methoxy groups -OCH3 is 1. The average Bonchev–Trinajstić information content (AvgIpc) is 2.40. The molecule has 0 aliphatic heterocycles. The molecule has 1 aromatic carbocycles. The van der Waals surface area contributed by atoms with Gasteiger partial charge in [-0.2, -0.15) is 0 Å². The standard InChI is InChI=1S/C14H21NO3S/c1-4-18-13-6-5-11(10(2)15)7-12(13)8-19-9-14(16)17-3/h5-7,10H,4,8-9,15H2,1-3H3. The largest absolute Gasteiger partial charge is 0.494 e. The molecule has 0 radical (unpaired) electrons. The van der Waals surface area contributed by atoms with Gasteiger partial charge in [-0.05, 0) is 31.5 Å². The topological polar surface area (TPSA) is 61.5 Å². The molecular weight excluding hydrogens is 262 g/mol. The minimum Gasteiger partial charge on any atom is -0.494 e. The van der Waals surface area contributed by atoms with Crippen LogP contribution in [0.2, 0.25) is 0 Å². The lowest BCUT2D eigenvalue weighted by molar-refractivity contribution is -0.137. The van der Waals surface area contributed by atoms with Crippen LogP contribution in [0.5, 0.6) is 5.75 Å². The molecule has 19 heavy (non-hydrogen) atoms. The summed E-state index contributed by atoms with van der Waals surface area (Å²) in [6, 6.07) is 5.94. The van der Waals surface area contributed by atoms with Crippen LogP contribution in [0.25, 0.3) is 0 Å². The molecule has 1 atom stereocenters. The minimum atomic E-state index is -0.216. The Morgan fingerprint density at radius 2 is 2.21 bits per heavy atom. The van der Waals surface area contributed by atoms with Gasteiger partial charge in [-0.25, -0.2) is 0 Å². The molecule has 0 saturated heterocycles. The molecule has 0 spiro atoms. The first-order chi connectivity index (χ1) is 9.08. The van der Waals surface area contributed by atoms with Gasteiger partial charge in [-0.1, -0.05) is 6.07 Å². The fourth-order valence-electron chi connectivity index (χ4n) is 1.59. The summed E-state index contributed by atoms with van der Waals surface area (Å²) in [5, 5.41) is 0. The highest BCUT2D eigenvalue weighted by Gasteiger charge is 2.09. The molecule has 0 heterocycles. The second-order valence-electron chi connectivity index (χ2n) is 4.16. The Hall–Kier alpha value is -1.20. The third-order valence-electron chi connectivity index (χ3n) is 2.62. The van der Waals surface area contributed by atoms with Crippen LogP contribution in [-0.2, 0) is 15.3 Å². The van der Waals surface area contributed by atoms with Crippen molar-refractivity contribution in [3.05, 3.63) is 29.3 Å². The highest BCUT2D eigenvalue weighted by atomic mass is 32.2. The Morgan fingerprint density at radius 3 is 2.79 bits per heavy atom. The van der Waals surface area contributed by atoms with Crippen LogP contribution in [0.4, 0.5) is 0 Å². The monoisotopic (exact) mass is 283 g/mol. The van der Waals surface area contributed by atoms with Crippen molar-refractivity contribution in [2.75, 3.05) is 19.5 Å². The van der Waals surface area contributed by atoms with E-state index in [2.05, 4.69) is 4.74 Å². The summed E-state index contributed by atoms with van der Waals surface area (Å²) in [4.78, 5) is 11.1. The zero-order valence-corrected chi connectivity index (χ0v) is 12.5. The molecule has 0 amide bonds. The summed E-state index contributed by atoms with van der Waals surface area (Å²) >= 11 is 1.50. The maximum Gasteiger partial charge on any atom is 0.315 e. The molecule has 0 bridgehead atoms. The summed E-state index contributed by atoms with van der Waals surface area (Å²) in [6.45, 7) is 4.51. The van der Waals surface area contributed by atoms with Crippen LogP contribution in [0, 0.1) is 0 Å². The van der Waals surface area contributed by atoms with Gasteiger partial charge in [0.2, 0.25) is 0 Å². The Morgan fingerprint density at radius 1 is 1.47 bits per heavy atom. The second-order valence-corrected chi connectivity index (χ2v) is 5.14. The number of esters is 1. The van der Waals surface area contributed by atoms with Crippen molar-refractivity contribution in [1.82, 2.24) is 0 Å². The van der Waals surface area contributed by atoms with Gasteiger partial charge in [-0.15, -0.1) is 11.8 Å². The van der Waals surface area contributed by atoms with Crippen LogP contribution in [0.1, 0.15) is 31.0 Å². The van der Waals surface area contributed by atoms with E-state index in [1.165, 1.54) is 18.9 Å². The number of benzene rings is 1. The van der Waals surface area contributed by atoms with E-state index in [4.69, 9.17) is 10.5 Å². The van der Waals surface area contributed by atoms with Gasteiger partial charge in [-0.3, -0.25) is 4.79 Å². The van der Waals surface area contributed by atoms with Crippen molar-refractivity contribution < 1.29 is 14.3 Å². The van der Waals surface area contributed by atoms with Crippen molar-refractivity contribution in [2.24, 2.45) is 5.73 Å². The van der Waals surface area contributed by atoms with Gasteiger partial charge >= 0.3 is 5.97 Å². The molecule has 0 aliphatic rings. The van der Waals surface area contributed by atoms with E-state index in [1.807, 2.05) is 32.0 Å². The Balaban J connectivity index is 2.76. The second kappa shape index (κ2) is 8.07. The lowest BCUT2D eigenvalue weighted by Crippen LogP contribution is -2.07. The zero-order valence-electron chi connectivity index (χ0n) is 11.6. The molecule has 1 rings (SSSR count). The number of nitrogens with two attached hydrogens (primary N) is 1. The highest BCUT2D eigenvalue weighted by Crippen LogP contribution is 2.26. The summed E-state index contributed by atoms with van der Waals surface area (Å²) in [5.41, 5.74) is 8.01. The molecule has 5 heteroatoms. The summed E-state index contributed by atoms with van der Waals surface area (Å²) < 4.78 is 10.2. The van der Waals surface area contributed by atoms with Gasteiger partial charge in [0.25, 0.3) is 0 Å². The van der Waals surface area contributed by atoms with E-state index in [-0.39, 0.29) is 12.0 Å². The summed E-state index contributed by atoms with van der Waals surface area (Å²) in [5.74, 6) is 1.67. The average molecular weight is 283 g/mol. The Kier molecular flexibility index (Phi) is 6.73. The van der Waals surface area contributed by atoms with E-state index >= 15 is 0 Å². The van der Waals surface area contributed by atoms with Gasteiger partial charge in [0.15, 0.2) is 0 Å². The molecule has 1 unspecified atom stereocenters. The number of carbonyl (C=O) groups is 1. The summed E-state index contributed by atoms with van der Waals surface area (Å²) in [7, 11) is 1.39. The van der Waals surface area contributed by atoms with E-state index in [1.54, 1.807) is 0 Å². The fourth-order valence-corrected chi connectivity index (χ4v) is 2.43. The van der Waals surface area contributed by atoms with Crippen LogP contribution in [0.3, 0.4) is 0 Å².